The number of halogens is 2. The first kappa shape index (κ1) is 21.0. The Morgan fingerprint density at radius 3 is 2.82 bits per heavy atom. The quantitative estimate of drug-likeness (QED) is 0.385. The number of hydrogen-bond donors (Lipinski definition) is 2. The van der Waals surface area contributed by atoms with Crippen LogP contribution in [-0.4, -0.2) is 25.3 Å². The Bertz CT molecular complexity index is 1400. The summed E-state index contributed by atoms with van der Waals surface area (Å²) in [4.78, 5) is 25.7. The van der Waals surface area contributed by atoms with E-state index in [1.165, 1.54) is 36.9 Å². The smallest absolute Gasteiger partial charge is 0.229 e. The second kappa shape index (κ2) is 8.36. The first-order chi connectivity index (χ1) is 16.5. The van der Waals surface area contributed by atoms with Crippen molar-refractivity contribution in [2.24, 2.45) is 5.92 Å². The normalized spacial score (nSPS) is 19.2. The van der Waals surface area contributed by atoms with Crippen LogP contribution in [-0.2, 0) is 11.3 Å². The molecule has 2 unspecified atom stereocenters. The lowest BCUT2D eigenvalue weighted by Crippen LogP contribution is -2.16. The highest BCUT2D eigenvalue weighted by Crippen LogP contribution is 2.49. The topological polar surface area (TPSA) is 84.2 Å². The molecule has 2 fully saturated rings. The number of hydrogen-bond acceptors (Lipinski definition) is 5. The number of benzene rings is 1. The minimum absolute atomic E-state index is 0.173. The van der Waals surface area contributed by atoms with Gasteiger partial charge in [-0.25, -0.2) is 19.3 Å². The van der Waals surface area contributed by atoms with Crippen molar-refractivity contribution in [3.8, 4) is 0 Å². The maximum absolute atomic E-state index is 14.1. The largest absolute Gasteiger partial charge is 0.364 e. The molecule has 6 rings (SSSR count). The van der Waals surface area contributed by atoms with Gasteiger partial charge in [0.1, 0.15) is 29.4 Å². The second-order valence-corrected chi connectivity index (χ2v) is 9.42. The van der Waals surface area contributed by atoms with E-state index in [1.54, 1.807) is 12.1 Å². The molecule has 2 atom stereocenters. The van der Waals surface area contributed by atoms with Gasteiger partial charge in [0.25, 0.3) is 0 Å². The highest BCUT2D eigenvalue weighted by Gasteiger charge is 2.45. The number of pyridine rings is 1. The summed E-state index contributed by atoms with van der Waals surface area (Å²) in [5, 5.41) is 6.51. The molecule has 2 saturated carbocycles. The first-order valence-electron chi connectivity index (χ1n) is 11.3. The van der Waals surface area contributed by atoms with E-state index in [0.717, 1.165) is 11.3 Å². The van der Waals surface area contributed by atoms with Crippen molar-refractivity contribution in [3.63, 3.8) is 0 Å². The molecule has 1 amide bonds. The maximum atomic E-state index is 14.1. The predicted octanol–water partition coefficient (Wildman–Crippen LogP) is 5.15. The molecule has 3 aromatic heterocycles. The molecule has 7 nitrogen and oxygen atoms in total. The number of imidazole rings is 1. The van der Waals surface area contributed by atoms with Crippen LogP contribution in [0.1, 0.15) is 47.9 Å². The van der Waals surface area contributed by atoms with Crippen LogP contribution >= 0.6 is 11.6 Å². The van der Waals surface area contributed by atoms with Crippen LogP contribution in [0.15, 0.2) is 55.1 Å². The third-order valence-corrected chi connectivity index (χ3v) is 6.66. The number of anilines is 2. The van der Waals surface area contributed by atoms with Gasteiger partial charge < -0.3 is 15.0 Å². The monoisotopic (exact) mass is 476 g/mol. The van der Waals surface area contributed by atoms with E-state index in [1.807, 2.05) is 6.20 Å². The van der Waals surface area contributed by atoms with Gasteiger partial charge in [-0.05, 0) is 66.5 Å². The van der Waals surface area contributed by atoms with Crippen molar-refractivity contribution in [2.45, 2.75) is 37.6 Å². The van der Waals surface area contributed by atoms with Gasteiger partial charge in [0, 0.05) is 29.4 Å². The molecule has 4 aromatic rings. The van der Waals surface area contributed by atoms with E-state index >= 15 is 0 Å². The molecule has 2 N–H and O–H groups in total. The number of fused-ring (bicyclic) bond motifs is 1. The van der Waals surface area contributed by atoms with Gasteiger partial charge >= 0.3 is 0 Å². The van der Waals surface area contributed by atoms with Gasteiger partial charge in [-0.2, -0.15) is 0 Å². The minimum Gasteiger partial charge on any atom is -0.364 e. The predicted molar refractivity (Wildman–Crippen MR) is 127 cm³/mol. The summed E-state index contributed by atoms with van der Waals surface area (Å²) in [6, 6.07) is 10.3. The Kier molecular flexibility index (Phi) is 5.17. The summed E-state index contributed by atoms with van der Waals surface area (Å²) in [6.07, 6.45) is 8.67. The second-order valence-electron chi connectivity index (χ2n) is 8.98. The van der Waals surface area contributed by atoms with Crippen molar-refractivity contribution in [3.05, 3.63) is 82.8 Å². The Morgan fingerprint density at radius 1 is 1.12 bits per heavy atom. The van der Waals surface area contributed by atoms with Crippen LogP contribution in [0, 0.1) is 11.7 Å². The highest BCUT2D eigenvalue weighted by atomic mass is 35.5. The molecule has 172 valence electrons. The standard InChI is InChI=1S/C25H22ClFN6O/c26-16-4-5-21(27)19(7-16)18-8-20(18)25(34)32-23-9-22(29-13-30-23)28-10-17-12-33-11-15(14-1-2-14)3-6-24(33)31-17/h3-7,9,11-14,18,20H,1-2,8,10H2,(H2,28,29,30,32,34). The van der Waals surface area contributed by atoms with Crippen LogP contribution in [0.5, 0.6) is 0 Å². The number of amides is 1. The van der Waals surface area contributed by atoms with Gasteiger partial charge in [-0.1, -0.05) is 17.7 Å². The fourth-order valence-electron chi connectivity index (χ4n) is 4.35. The molecule has 3 heterocycles. The lowest BCUT2D eigenvalue weighted by atomic mass is 10.1. The zero-order valence-electron chi connectivity index (χ0n) is 18.2. The molecule has 9 heteroatoms. The van der Waals surface area contributed by atoms with Crippen LogP contribution in [0.2, 0.25) is 5.02 Å². The fraction of sp³-hybridized carbons (Fsp3) is 0.280. The third-order valence-electron chi connectivity index (χ3n) is 6.43. The number of aromatic nitrogens is 4. The third kappa shape index (κ3) is 4.33. The van der Waals surface area contributed by atoms with E-state index < -0.39 is 0 Å². The van der Waals surface area contributed by atoms with Crippen LogP contribution in [0.25, 0.3) is 5.65 Å². The minimum atomic E-state index is -0.339. The van der Waals surface area contributed by atoms with Crippen molar-refractivity contribution in [1.82, 2.24) is 19.4 Å². The Hall–Kier alpha value is -3.52. The SMILES string of the molecule is O=C(Nc1cc(NCc2cn3cc(C4CC4)ccc3n2)ncn1)C1CC1c1cc(Cl)ccc1F. The van der Waals surface area contributed by atoms with E-state index in [2.05, 4.69) is 48.3 Å². The summed E-state index contributed by atoms with van der Waals surface area (Å²) in [5.74, 6) is 0.651. The molecule has 0 bridgehead atoms. The molecular weight excluding hydrogens is 455 g/mol. The Balaban J connectivity index is 1.08. The lowest BCUT2D eigenvalue weighted by molar-refractivity contribution is -0.117. The molecule has 34 heavy (non-hydrogen) atoms. The first-order valence-corrected chi connectivity index (χ1v) is 11.7. The van der Waals surface area contributed by atoms with Gasteiger partial charge in [-0.15, -0.1) is 0 Å². The van der Waals surface area contributed by atoms with Crippen molar-refractivity contribution in [1.29, 1.82) is 0 Å². The summed E-state index contributed by atoms with van der Waals surface area (Å²) in [6.45, 7) is 0.490. The van der Waals surface area contributed by atoms with Gasteiger partial charge in [-0.3, -0.25) is 4.79 Å². The average molecular weight is 477 g/mol. The average Bonchev–Trinajstić information content (AvgIpc) is 3.76. The van der Waals surface area contributed by atoms with E-state index in [9.17, 15) is 9.18 Å². The van der Waals surface area contributed by atoms with Crippen molar-refractivity contribution in [2.75, 3.05) is 10.6 Å². The highest BCUT2D eigenvalue weighted by molar-refractivity contribution is 6.30. The summed E-state index contributed by atoms with van der Waals surface area (Å²) >= 11 is 5.98. The van der Waals surface area contributed by atoms with E-state index in [0.29, 0.717) is 41.1 Å². The van der Waals surface area contributed by atoms with E-state index in [-0.39, 0.29) is 23.6 Å². The maximum Gasteiger partial charge on any atom is 0.229 e. The molecule has 0 spiro atoms. The number of rotatable bonds is 7. The molecule has 1 aromatic carbocycles. The molecule has 2 aliphatic rings. The Morgan fingerprint density at radius 2 is 1.97 bits per heavy atom. The number of nitrogens with one attached hydrogen (secondary N) is 2. The molecule has 0 radical (unpaired) electrons. The summed E-state index contributed by atoms with van der Waals surface area (Å²) in [7, 11) is 0. The molecule has 2 aliphatic carbocycles. The number of carbonyl (C=O) groups excluding carboxylic acids is 1. The van der Waals surface area contributed by atoms with Crippen LogP contribution < -0.4 is 10.6 Å². The van der Waals surface area contributed by atoms with Crippen LogP contribution in [0.4, 0.5) is 16.0 Å². The lowest BCUT2D eigenvalue weighted by Gasteiger charge is -2.07. The van der Waals surface area contributed by atoms with Gasteiger partial charge in [0.15, 0.2) is 0 Å². The van der Waals surface area contributed by atoms with Gasteiger partial charge in [0.2, 0.25) is 5.91 Å². The molecule has 0 saturated heterocycles. The molecule has 0 aliphatic heterocycles. The van der Waals surface area contributed by atoms with E-state index in [4.69, 9.17) is 11.6 Å². The zero-order chi connectivity index (χ0) is 23.2. The zero-order valence-corrected chi connectivity index (χ0v) is 19.0. The number of nitrogens with zero attached hydrogens (tertiary/aromatic N) is 4. The number of carbonyl (C=O) groups is 1. The Labute approximate surface area is 200 Å². The van der Waals surface area contributed by atoms with Crippen LogP contribution in [0.3, 0.4) is 0 Å². The van der Waals surface area contributed by atoms with Crippen molar-refractivity contribution >= 4 is 34.8 Å². The summed E-state index contributed by atoms with van der Waals surface area (Å²) in [5.41, 5.74) is 3.64. The fourth-order valence-corrected chi connectivity index (χ4v) is 4.54. The summed E-state index contributed by atoms with van der Waals surface area (Å²) < 4.78 is 16.2. The van der Waals surface area contributed by atoms with Gasteiger partial charge in [0.05, 0.1) is 12.2 Å². The molecular formula is C25H22ClFN6O. The van der Waals surface area contributed by atoms with Crippen molar-refractivity contribution < 1.29 is 9.18 Å².